The molecular weight excluding hydrogens is 696 g/mol. The van der Waals surface area contributed by atoms with Gasteiger partial charge in [0.1, 0.15) is 18.8 Å². The lowest BCUT2D eigenvalue weighted by atomic mass is 9.90. The molecule has 52 heavy (non-hydrogen) atoms. The molecule has 0 aliphatic carbocycles. The number of ether oxygens (including phenoxy) is 10. The van der Waals surface area contributed by atoms with Crippen molar-refractivity contribution in [3.8, 4) is 0 Å². The smallest absolute Gasteiger partial charge is 0.303 e. The molecule has 2 aliphatic rings. The predicted molar refractivity (Wildman–Crippen MR) is 168 cm³/mol. The number of hydrogen-bond acceptors (Lipinski definition) is 18. The number of Topliss-reactive ketones (excluding diaryl/α,β-unsaturated/α-hetero) is 1. The van der Waals surface area contributed by atoms with Gasteiger partial charge in [0, 0.05) is 54.9 Å². The predicted octanol–water partition coefficient (Wildman–Crippen LogP) is 0.460. The van der Waals surface area contributed by atoms with Crippen LogP contribution in [0.25, 0.3) is 0 Å². The van der Waals surface area contributed by atoms with Crippen molar-refractivity contribution < 1.29 is 85.7 Å². The molecule has 0 bridgehead atoms. The van der Waals surface area contributed by atoms with Gasteiger partial charge in [0.25, 0.3) is 0 Å². The summed E-state index contributed by atoms with van der Waals surface area (Å²) in [5, 5.41) is 0. The number of hydrogen-bond donors (Lipinski definition) is 0. The molecule has 0 N–H and O–H groups in total. The Balaban J connectivity index is 2.07. The fourth-order valence-corrected chi connectivity index (χ4v) is 5.70. The van der Waals surface area contributed by atoms with Crippen LogP contribution in [0.1, 0.15) is 54.0 Å². The van der Waals surface area contributed by atoms with E-state index in [4.69, 9.17) is 47.4 Å². The summed E-state index contributed by atoms with van der Waals surface area (Å²) in [5.74, 6) is -6.57. The molecule has 0 amide bonds. The standard InChI is InChI=1S/C34H42O18/c1-16(35)43-14-26-29(46-18(3)37)32(49-21(6)40)33(50-22(7)41)34(52-26)44-15-25-28(45-17(2)36)31(48-20(5)39)30(47-19(4)38)27(51-25)24(42)13-23-11-9-8-10-12-23/h8-12,25-34H,13-15H2,1-7H3/t25-,26-,27-,28-,29+,30+,31+,32+,33-,34+/m1/s1. The maximum atomic E-state index is 13.8. The van der Waals surface area contributed by atoms with E-state index in [-0.39, 0.29) is 6.42 Å². The summed E-state index contributed by atoms with van der Waals surface area (Å²) in [4.78, 5) is 99.0. The largest absolute Gasteiger partial charge is 0.463 e. The first kappa shape index (κ1) is 41.5. The number of carbonyl (C=O) groups excluding carboxylic acids is 8. The monoisotopic (exact) mass is 738 g/mol. The van der Waals surface area contributed by atoms with Crippen LogP contribution in [0.2, 0.25) is 0 Å². The molecule has 3 rings (SSSR count). The zero-order chi connectivity index (χ0) is 38.7. The van der Waals surface area contributed by atoms with E-state index in [0.717, 1.165) is 48.5 Å². The van der Waals surface area contributed by atoms with E-state index in [1.807, 2.05) is 0 Å². The summed E-state index contributed by atoms with van der Waals surface area (Å²) in [6.07, 6.45) is -15.7. The van der Waals surface area contributed by atoms with Gasteiger partial charge in [0.05, 0.1) is 6.61 Å². The van der Waals surface area contributed by atoms with Crippen LogP contribution in [-0.2, 0) is 92.1 Å². The Morgan fingerprint density at radius 1 is 0.500 bits per heavy atom. The summed E-state index contributed by atoms with van der Waals surface area (Å²) >= 11 is 0. The number of rotatable bonds is 14. The van der Waals surface area contributed by atoms with Crippen LogP contribution in [0, 0.1) is 0 Å². The van der Waals surface area contributed by atoms with Gasteiger partial charge in [0.2, 0.25) is 0 Å². The van der Waals surface area contributed by atoms with E-state index in [9.17, 15) is 38.4 Å². The SMILES string of the molecule is CC(=O)OC[C@H]1O[C@H](OC[C@H]2O[C@H](C(=O)Cc3ccccc3)[C@H](OC(C)=O)[C@@H](OC(C)=O)[C@@H]2OC(C)=O)[C@H](OC(C)=O)[C@@H](OC(C)=O)[C@H]1OC(C)=O. The third kappa shape index (κ3) is 12.1. The molecule has 1 aromatic carbocycles. The van der Waals surface area contributed by atoms with Gasteiger partial charge in [0.15, 0.2) is 54.8 Å². The molecule has 2 aliphatic heterocycles. The molecule has 2 heterocycles. The van der Waals surface area contributed by atoms with Crippen LogP contribution in [0.4, 0.5) is 0 Å². The highest BCUT2D eigenvalue weighted by atomic mass is 16.7. The fourth-order valence-electron chi connectivity index (χ4n) is 5.70. The molecule has 1 aromatic rings. The topological polar surface area (TPSA) is 229 Å². The van der Waals surface area contributed by atoms with Gasteiger partial charge in [-0.25, -0.2) is 0 Å². The van der Waals surface area contributed by atoms with Gasteiger partial charge in [-0.3, -0.25) is 38.4 Å². The zero-order valence-electron chi connectivity index (χ0n) is 29.6. The Labute approximate surface area is 298 Å². The Kier molecular flexibility index (Phi) is 15.2. The molecule has 0 unspecified atom stereocenters. The molecule has 0 radical (unpaired) electrons. The van der Waals surface area contributed by atoms with Gasteiger partial charge in [-0.05, 0) is 5.56 Å². The highest BCUT2D eigenvalue weighted by Crippen LogP contribution is 2.33. The quantitative estimate of drug-likeness (QED) is 0.186. The van der Waals surface area contributed by atoms with E-state index in [2.05, 4.69) is 0 Å². The molecule has 2 saturated heterocycles. The molecule has 10 atom stereocenters. The van der Waals surface area contributed by atoms with Crippen molar-refractivity contribution in [2.45, 2.75) is 116 Å². The third-order valence-electron chi connectivity index (χ3n) is 7.45. The van der Waals surface area contributed by atoms with Crippen molar-refractivity contribution in [1.82, 2.24) is 0 Å². The van der Waals surface area contributed by atoms with E-state index in [1.54, 1.807) is 30.3 Å². The van der Waals surface area contributed by atoms with E-state index in [1.165, 1.54) is 0 Å². The number of carbonyl (C=O) groups is 8. The van der Waals surface area contributed by atoms with Gasteiger partial charge < -0.3 is 47.4 Å². The molecular formula is C34H42O18. The first-order valence-corrected chi connectivity index (χ1v) is 16.1. The van der Waals surface area contributed by atoms with E-state index < -0.39 is 122 Å². The van der Waals surface area contributed by atoms with Crippen molar-refractivity contribution >= 4 is 47.6 Å². The number of esters is 7. The first-order chi connectivity index (χ1) is 24.5. The van der Waals surface area contributed by atoms with Crippen molar-refractivity contribution in [3.63, 3.8) is 0 Å². The zero-order valence-corrected chi connectivity index (χ0v) is 29.6. The maximum absolute atomic E-state index is 13.8. The Morgan fingerprint density at radius 2 is 0.923 bits per heavy atom. The van der Waals surface area contributed by atoms with Crippen molar-refractivity contribution in [2.24, 2.45) is 0 Å². The lowest BCUT2D eigenvalue weighted by Crippen LogP contribution is -2.65. The summed E-state index contributed by atoms with van der Waals surface area (Å²) in [7, 11) is 0. The average Bonchev–Trinajstić information content (AvgIpc) is 3.02. The minimum Gasteiger partial charge on any atom is -0.463 e. The van der Waals surface area contributed by atoms with Crippen molar-refractivity contribution in [3.05, 3.63) is 35.9 Å². The van der Waals surface area contributed by atoms with Crippen LogP contribution < -0.4 is 0 Å². The van der Waals surface area contributed by atoms with Crippen LogP contribution >= 0.6 is 0 Å². The molecule has 0 spiro atoms. The van der Waals surface area contributed by atoms with Crippen LogP contribution in [0.5, 0.6) is 0 Å². The Morgan fingerprint density at radius 3 is 1.40 bits per heavy atom. The normalized spacial score (nSPS) is 28.3. The minimum atomic E-state index is -1.68. The Bertz CT molecular complexity index is 1480. The van der Waals surface area contributed by atoms with E-state index >= 15 is 0 Å². The van der Waals surface area contributed by atoms with Crippen LogP contribution in [0.15, 0.2) is 30.3 Å². The Hall–Kier alpha value is -4.94. The highest BCUT2D eigenvalue weighted by Gasteiger charge is 2.56. The summed E-state index contributed by atoms with van der Waals surface area (Å²) in [6, 6.07) is 8.51. The second-order valence-electron chi connectivity index (χ2n) is 11.8. The number of benzene rings is 1. The fraction of sp³-hybridized carbons (Fsp3) is 0.588. The first-order valence-electron chi connectivity index (χ1n) is 16.1. The molecule has 286 valence electrons. The van der Waals surface area contributed by atoms with Crippen molar-refractivity contribution in [1.29, 1.82) is 0 Å². The molecule has 18 heteroatoms. The third-order valence-corrected chi connectivity index (χ3v) is 7.45. The van der Waals surface area contributed by atoms with Gasteiger partial charge in [-0.2, -0.15) is 0 Å². The van der Waals surface area contributed by atoms with E-state index in [0.29, 0.717) is 5.56 Å². The minimum absolute atomic E-state index is 0.207. The highest BCUT2D eigenvalue weighted by molar-refractivity contribution is 5.86. The lowest BCUT2D eigenvalue weighted by molar-refractivity contribution is -0.318. The lowest BCUT2D eigenvalue weighted by Gasteiger charge is -2.46. The van der Waals surface area contributed by atoms with Crippen LogP contribution in [-0.4, -0.2) is 122 Å². The van der Waals surface area contributed by atoms with Gasteiger partial charge in [-0.15, -0.1) is 0 Å². The van der Waals surface area contributed by atoms with Crippen molar-refractivity contribution in [2.75, 3.05) is 13.2 Å². The molecule has 18 nitrogen and oxygen atoms in total. The number of ketones is 1. The second-order valence-corrected chi connectivity index (χ2v) is 11.8. The summed E-state index contributed by atoms with van der Waals surface area (Å²) in [5.41, 5.74) is 0.578. The average molecular weight is 739 g/mol. The summed E-state index contributed by atoms with van der Waals surface area (Å²) in [6.45, 7) is 6.21. The molecule has 2 fully saturated rings. The summed E-state index contributed by atoms with van der Waals surface area (Å²) < 4.78 is 55.8. The molecule has 0 saturated carbocycles. The molecule has 0 aromatic heterocycles. The van der Waals surface area contributed by atoms with Gasteiger partial charge in [-0.1, -0.05) is 30.3 Å². The second kappa shape index (κ2) is 19.1. The van der Waals surface area contributed by atoms with Crippen LogP contribution in [0.3, 0.4) is 0 Å². The van der Waals surface area contributed by atoms with Gasteiger partial charge >= 0.3 is 41.8 Å². The maximum Gasteiger partial charge on any atom is 0.303 e.